The molecule has 0 atom stereocenters. The summed E-state index contributed by atoms with van der Waals surface area (Å²) in [5.41, 5.74) is 2.11. The highest BCUT2D eigenvalue weighted by Gasteiger charge is 2.05. The summed E-state index contributed by atoms with van der Waals surface area (Å²) in [6, 6.07) is 11.4. The second kappa shape index (κ2) is 5.94. The zero-order valence-electron chi connectivity index (χ0n) is 10.8. The molecule has 5 heteroatoms. The molecule has 0 amide bonds. The lowest BCUT2D eigenvalue weighted by molar-refractivity contribution is 0.439. The maximum atomic E-state index is 8.86. The number of benzene rings is 1. The second-order valence-corrected chi connectivity index (χ2v) is 4.07. The summed E-state index contributed by atoms with van der Waals surface area (Å²) in [5.74, 6) is 0.655. The molecule has 19 heavy (non-hydrogen) atoms. The highest BCUT2D eigenvalue weighted by molar-refractivity contribution is 5.31. The van der Waals surface area contributed by atoms with Gasteiger partial charge in [-0.25, -0.2) is 4.98 Å². The van der Waals surface area contributed by atoms with E-state index >= 15 is 0 Å². The van der Waals surface area contributed by atoms with Crippen LogP contribution < -0.4 is 10.1 Å². The molecule has 1 aromatic heterocycles. The molecule has 0 saturated heterocycles. The Balaban J connectivity index is 2.23. The van der Waals surface area contributed by atoms with Crippen LogP contribution in [0.5, 0.6) is 11.8 Å². The third-order valence-corrected chi connectivity index (χ3v) is 2.44. The molecule has 0 spiro atoms. The van der Waals surface area contributed by atoms with Gasteiger partial charge in [0, 0.05) is 12.2 Å². The third-order valence-electron chi connectivity index (χ3n) is 2.44. The number of ether oxygens (including phenoxy) is 1. The van der Waals surface area contributed by atoms with Gasteiger partial charge in [-0.3, -0.25) is 0 Å². The molecule has 0 unspecified atom stereocenters. The van der Waals surface area contributed by atoms with Crippen LogP contribution in [0.2, 0.25) is 0 Å². The van der Waals surface area contributed by atoms with E-state index in [1.165, 1.54) is 0 Å². The lowest BCUT2D eigenvalue weighted by atomic mass is 10.2. The summed E-state index contributed by atoms with van der Waals surface area (Å²) in [7, 11) is 1.89. The monoisotopic (exact) mass is 254 g/mol. The van der Waals surface area contributed by atoms with Gasteiger partial charge in [0.1, 0.15) is 17.5 Å². The lowest BCUT2D eigenvalue weighted by Gasteiger charge is -2.06. The Morgan fingerprint density at radius 3 is 2.89 bits per heavy atom. The van der Waals surface area contributed by atoms with Crippen LogP contribution in [0.4, 0.5) is 0 Å². The van der Waals surface area contributed by atoms with Crippen LogP contribution >= 0.6 is 0 Å². The van der Waals surface area contributed by atoms with Crippen molar-refractivity contribution >= 4 is 0 Å². The number of hydrogen-bond acceptors (Lipinski definition) is 5. The standard InChI is InChI=1S/C14H14N4O/c1-10-6-12(8-15)18-14(17-10)19-13-5-3-4-11(7-13)9-16-2/h3-7,16H,9H2,1-2H3. The van der Waals surface area contributed by atoms with Crippen LogP contribution in [0.3, 0.4) is 0 Å². The highest BCUT2D eigenvalue weighted by Crippen LogP contribution is 2.19. The van der Waals surface area contributed by atoms with E-state index in [0.717, 1.165) is 12.1 Å². The van der Waals surface area contributed by atoms with Crippen LogP contribution in [-0.4, -0.2) is 17.0 Å². The van der Waals surface area contributed by atoms with Gasteiger partial charge in [0.15, 0.2) is 0 Å². The zero-order chi connectivity index (χ0) is 13.7. The molecule has 2 aromatic rings. The van der Waals surface area contributed by atoms with Crippen molar-refractivity contribution < 1.29 is 4.74 Å². The smallest absolute Gasteiger partial charge is 0.323 e. The molecule has 0 radical (unpaired) electrons. The van der Waals surface area contributed by atoms with Crippen LogP contribution in [0.1, 0.15) is 17.0 Å². The Hall–Kier alpha value is -2.45. The minimum Gasteiger partial charge on any atom is -0.424 e. The first-order valence-electron chi connectivity index (χ1n) is 5.88. The first-order valence-corrected chi connectivity index (χ1v) is 5.88. The number of nitriles is 1. The second-order valence-electron chi connectivity index (χ2n) is 4.07. The maximum absolute atomic E-state index is 8.86. The fraction of sp³-hybridized carbons (Fsp3) is 0.214. The average Bonchev–Trinajstić information content (AvgIpc) is 2.39. The van der Waals surface area contributed by atoms with Crippen molar-refractivity contribution in [3.05, 3.63) is 47.3 Å². The van der Waals surface area contributed by atoms with Crippen molar-refractivity contribution in [2.24, 2.45) is 0 Å². The predicted molar refractivity (Wildman–Crippen MR) is 70.8 cm³/mol. The number of aromatic nitrogens is 2. The largest absolute Gasteiger partial charge is 0.424 e. The fourth-order valence-corrected chi connectivity index (χ4v) is 1.67. The Bertz CT molecular complexity index is 619. The Labute approximate surface area is 111 Å². The number of hydrogen-bond donors (Lipinski definition) is 1. The SMILES string of the molecule is CNCc1cccc(Oc2nc(C)cc(C#N)n2)c1. The molecule has 0 fully saturated rings. The van der Waals surface area contributed by atoms with E-state index in [-0.39, 0.29) is 6.01 Å². The van der Waals surface area contributed by atoms with E-state index in [4.69, 9.17) is 10.00 Å². The summed E-state index contributed by atoms with van der Waals surface area (Å²) in [4.78, 5) is 8.17. The first kappa shape index (κ1) is 13.0. The van der Waals surface area contributed by atoms with E-state index in [0.29, 0.717) is 17.1 Å². The molecule has 96 valence electrons. The average molecular weight is 254 g/mol. The zero-order valence-corrected chi connectivity index (χ0v) is 10.8. The topological polar surface area (TPSA) is 70.8 Å². The van der Waals surface area contributed by atoms with Crippen molar-refractivity contribution in [1.82, 2.24) is 15.3 Å². The molecule has 0 aliphatic carbocycles. The fourth-order valence-electron chi connectivity index (χ4n) is 1.67. The predicted octanol–water partition coefficient (Wildman–Crippen LogP) is 2.17. The van der Waals surface area contributed by atoms with Gasteiger partial charge in [-0.1, -0.05) is 12.1 Å². The van der Waals surface area contributed by atoms with Crippen LogP contribution in [0, 0.1) is 18.3 Å². The van der Waals surface area contributed by atoms with E-state index in [1.807, 2.05) is 37.4 Å². The molecule has 5 nitrogen and oxygen atoms in total. The molecular formula is C14H14N4O. The van der Waals surface area contributed by atoms with Gasteiger partial charge in [0.25, 0.3) is 0 Å². The molecule has 0 aliphatic rings. The number of rotatable bonds is 4. The molecule has 0 bridgehead atoms. The quantitative estimate of drug-likeness (QED) is 0.905. The summed E-state index contributed by atoms with van der Waals surface area (Å²) >= 11 is 0. The van der Waals surface area contributed by atoms with Gasteiger partial charge >= 0.3 is 6.01 Å². The van der Waals surface area contributed by atoms with Crippen LogP contribution in [0.25, 0.3) is 0 Å². The van der Waals surface area contributed by atoms with Crippen molar-refractivity contribution in [2.75, 3.05) is 7.05 Å². The summed E-state index contributed by atoms with van der Waals surface area (Å²) in [6.45, 7) is 2.56. The number of nitrogens with one attached hydrogen (secondary N) is 1. The summed E-state index contributed by atoms with van der Waals surface area (Å²) < 4.78 is 5.59. The van der Waals surface area contributed by atoms with Crippen LogP contribution in [0.15, 0.2) is 30.3 Å². The molecule has 1 N–H and O–H groups in total. The maximum Gasteiger partial charge on any atom is 0.323 e. The minimum absolute atomic E-state index is 0.193. The van der Waals surface area contributed by atoms with Gasteiger partial charge in [-0.05, 0) is 37.7 Å². The van der Waals surface area contributed by atoms with Crippen molar-refractivity contribution in [2.45, 2.75) is 13.5 Å². The van der Waals surface area contributed by atoms with Gasteiger partial charge in [0.2, 0.25) is 0 Å². The van der Waals surface area contributed by atoms with E-state index in [9.17, 15) is 0 Å². The highest BCUT2D eigenvalue weighted by atomic mass is 16.5. The molecular weight excluding hydrogens is 240 g/mol. The van der Waals surface area contributed by atoms with Crippen molar-refractivity contribution in [1.29, 1.82) is 5.26 Å². The van der Waals surface area contributed by atoms with Gasteiger partial charge in [-0.2, -0.15) is 10.2 Å². The molecule has 1 aromatic carbocycles. The summed E-state index contributed by atoms with van der Waals surface area (Å²) in [6.07, 6.45) is 0. The molecule has 1 heterocycles. The third kappa shape index (κ3) is 3.50. The Morgan fingerprint density at radius 2 is 2.16 bits per heavy atom. The Morgan fingerprint density at radius 1 is 1.32 bits per heavy atom. The van der Waals surface area contributed by atoms with Crippen LogP contribution in [-0.2, 0) is 6.54 Å². The van der Waals surface area contributed by atoms with E-state index in [2.05, 4.69) is 15.3 Å². The molecule has 2 rings (SSSR count). The normalized spacial score (nSPS) is 9.95. The number of aryl methyl sites for hydroxylation is 1. The molecule has 0 aliphatic heterocycles. The van der Waals surface area contributed by atoms with Gasteiger partial charge in [0.05, 0.1) is 0 Å². The van der Waals surface area contributed by atoms with Crippen molar-refractivity contribution in [3.8, 4) is 17.8 Å². The summed E-state index contributed by atoms with van der Waals surface area (Å²) in [5, 5.41) is 11.9. The van der Waals surface area contributed by atoms with Gasteiger partial charge in [-0.15, -0.1) is 0 Å². The van der Waals surface area contributed by atoms with E-state index < -0.39 is 0 Å². The van der Waals surface area contributed by atoms with E-state index in [1.54, 1.807) is 13.0 Å². The lowest BCUT2D eigenvalue weighted by Crippen LogP contribution is -2.05. The first-order chi connectivity index (χ1) is 9.21. The minimum atomic E-state index is 0.193. The Kier molecular flexibility index (Phi) is 4.06. The molecule has 0 saturated carbocycles. The van der Waals surface area contributed by atoms with Crippen molar-refractivity contribution in [3.63, 3.8) is 0 Å². The number of nitrogens with zero attached hydrogens (tertiary/aromatic N) is 3. The van der Waals surface area contributed by atoms with Gasteiger partial charge < -0.3 is 10.1 Å².